The fourth-order valence-electron chi connectivity index (χ4n) is 2.68. The summed E-state index contributed by atoms with van der Waals surface area (Å²) in [6.45, 7) is 2.60. The van der Waals surface area contributed by atoms with Crippen LogP contribution in [0, 0.1) is 11.7 Å². The number of amides is 2. The van der Waals surface area contributed by atoms with E-state index < -0.39 is 5.82 Å². The number of likely N-dealkylation sites (tertiary alicyclic amines) is 1. The van der Waals surface area contributed by atoms with Gasteiger partial charge in [0, 0.05) is 32.6 Å². The van der Waals surface area contributed by atoms with Crippen LogP contribution in [0.3, 0.4) is 0 Å². The SMILES string of the molecule is CC(=O)N1C[C@@H](N)CC[C@@H](C(=O)NCc2ccc(F)c(Cl)c2)C1. The number of rotatable bonds is 3. The van der Waals surface area contributed by atoms with Gasteiger partial charge in [0.2, 0.25) is 11.8 Å². The van der Waals surface area contributed by atoms with Crippen molar-refractivity contribution in [2.24, 2.45) is 11.7 Å². The molecule has 126 valence electrons. The summed E-state index contributed by atoms with van der Waals surface area (Å²) in [6.07, 6.45) is 1.34. The molecule has 0 unspecified atom stereocenters. The molecule has 0 bridgehead atoms. The van der Waals surface area contributed by atoms with Crippen LogP contribution in [0.15, 0.2) is 18.2 Å². The van der Waals surface area contributed by atoms with Gasteiger partial charge in [-0.25, -0.2) is 4.39 Å². The highest BCUT2D eigenvalue weighted by Crippen LogP contribution is 2.18. The second-order valence-corrected chi connectivity index (χ2v) is 6.33. The molecule has 7 heteroatoms. The third-order valence-electron chi connectivity index (χ3n) is 4.05. The van der Waals surface area contributed by atoms with Crippen molar-refractivity contribution in [3.8, 4) is 0 Å². The lowest BCUT2D eigenvalue weighted by atomic mass is 10.0. The Balaban J connectivity index is 1.95. The molecular weight excluding hydrogens is 321 g/mol. The van der Waals surface area contributed by atoms with Gasteiger partial charge in [0.1, 0.15) is 5.82 Å². The zero-order valence-corrected chi connectivity index (χ0v) is 13.8. The van der Waals surface area contributed by atoms with Crippen LogP contribution in [0.2, 0.25) is 5.02 Å². The van der Waals surface area contributed by atoms with Crippen molar-refractivity contribution in [2.45, 2.75) is 32.4 Å². The third-order valence-corrected chi connectivity index (χ3v) is 4.34. The molecule has 5 nitrogen and oxygen atoms in total. The van der Waals surface area contributed by atoms with Gasteiger partial charge in [0.15, 0.2) is 0 Å². The summed E-state index contributed by atoms with van der Waals surface area (Å²) in [5.74, 6) is -0.990. The molecule has 2 amide bonds. The fraction of sp³-hybridized carbons (Fsp3) is 0.500. The average Bonchev–Trinajstić information content (AvgIpc) is 2.70. The molecule has 23 heavy (non-hydrogen) atoms. The first-order valence-corrected chi connectivity index (χ1v) is 7.97. The summed E-state index contributed by atoms with van der Waals surface area (Å²) in [4.78, 5) is 25.6. The molecule has 1 fully saturated rings. The molecular formula is C16H21ClFN3O2. The van der Waals surface area contributed by atoms with Crippen molar-refractivity contribution in [1.29, 1.82) is 0 Å². The first-order chi connectivity index (χ1) is 10.9. The van der Waals surface area contributed by atoms with Gasteiger partial charge in [0.25, 0.3) is 0 Å². The normalized spacial score (nSPS) is 21.7. The maximum Gasteiger partial charge on any atom is 0.225 e. The second kappa shape index (κ2) is 7.75. The molecule has 1 aliphatic heterocycles. The summed E-state index contributed by atoms with van der Waals surface area (Å²) < 4.78 is 13.1. The third kappa shape index (κ3) is 4.91. The van der Waals surface area contributed by atoms with Gasteiger partial charge >= 0.3 is 0 Å². The highest BCUT2D eigenvalue weighted by atomic mass is 35.5. The molecule has 3 N–H and O–H groups in total. The monoisotopic (exact) mass is 341 g/mol. The van der Waals surface area contributed by atoms with E-state index in [4.69, 9.17) is 17.3 Å². The zero-order valence-electron chi connectivity index (χ0n) is 13.0. The van der Waals surface area contributed by atoms with Crippen molar-refractivity contribution in [3.63, 3.8) is 0 Å². The topological polar surface area (TPSA) is 75.4 Å². The lowest BCUT2D eigenvalue weighted by molar-refractivity contribution is -0.131. The van der Waals surface area contributed by atoms with E-state index in [1.54, 1.807) is 11.0 Å². The largest absolute Gasteiger partial charge is 0.352 e. The van der Waals surface area contributed by atoms with Gasteiger partial charge in [-0.2, -0.15) is 0 Å². The molecule has 1 aromatic carbocycles. The minimum Gasteiger partial charge on any atom is -0.352 e. The Morgan fingerprint density at radius 2 is 2.13 bits per heavy atom. The van der Waals surface area contributed by atoms with Crippen LogP contribution in [0.4, 0.5) is 4.39 Å². The molecule has 0 spiro atoms. The van der Waals surface area contributed by atoms with Gasteiger partial charge in [0.05, 0.1) is 10.9 Å². The van der Waals surface area contributed by atoms with Gasteiger partial charge < -0.3 is 16.0 Å². The number of carbonyl (C=O) groups is 2. The quantitative estimate of drug-likeness (QED) is 0.878. The maximum atomic E-state index is 13.1. The molecule has 0 aromatic heterocycles. The summed E-state index contributed by atoms with van der Waals surface area (Å²) in [7, 11) is 0. The molecule has 0 aliphatic carbocycles. The van der Waals surface area contributed by atoms with Crippen molar-refractivity contribution in [3.05, 3.63) is 34.6 Å². The van der Waals surface area contributed by atoms with E-state index in [1.807, 2.05) is 0 Å². The second-order valence-electron chi connectivity index (χ2n) is 5.92. The molecule has 2 atom stereocenters. The number of nitrogens with two attached hydrogens (primary N) is 1. The maximum absolute atomic E-state index is 13.1. The predicted octanol–water partition coefficient (Wildman–Crippen LogP) is 1.68. The van der Waals surface area contributed by atoms with Crippen molar-refractivity contribution in [1.82, 2.24) is 10.2 Å². The van der Waals surface area contributed by atoms with Crippen LogP contribution in [0.25, 0.3) is 0 Å². The molecule has 1 aromatic rings. The number of nitrogens with one attached hydrogen (secondary N) is 1. The molecule has 0 saturated carbocycles. The summed E-state index contributed by atoms with van der Waals surface area (Å²) >= 11 is 5.72. The Hall–Kier alpha value is -1.66. The Labute approximate surface area is 140 Å². The summed E-state index contributed by atoms with van der Waals surface area (Å²) in [6, 6.07) is 4.23. The minimum atomic E-state index is -0.489. The number of hydrogen-bond acceptors (Lipinski definition) is 3. The van der Waals surface area contributed by atoms with Crippen LogP contribution < -0.4 is 11.1 Å². The lowest BCUT2D eigenvalue weighted by Gasteiger charge is -2.23. The number of benzene rings is 1. The van der Waals surface area contributed by atoms with Gasteiger partial charge in [-0.3, -0.25) is 9.59 Å². The molecule has 1 aliphatic rings. The Morgan fingerprint density at radius 1 is 1.39 bits per heavy atom. The number of halogens is 2. The van der Waals surface area contributed by atoms with E-state index in [-0.39, 0.29) is 35.3 Å². The number of carbonyl (C=O) groups excluding carboxylic acids is 2. The van der Waals surface area contributed by atoms with E-state index in [0.717, 1.165) is 5.56 Å². The number of nitrogens with zero attached hydrogens (tertiary/aromatic N) is 1. The average molecular weight is 342 g/mol. The fourth-order valence-corrected chi connectivity index (χ4v) is 2.88. The van der Waals surface area contributed by atoms with Gasteiger partial charge in [-0.15, -0.1) is 0 Å². The van der Waals surface area contributed by atoms with E-state index >= 15 is 0 Å². The van der Waals surface area contributed by atoms with Crippen molar-refractivity contribution >= 4 is 23.4 Å². The highest BCUT2D eigenvalue weighted by Gasteiger charge is 2.28. The highest BCUT2D eigenvalue weighted by molar-refractivity contribution is 6.30. The van der Waals surface area contributed by atoms with Crippen LogP contribution in [0.5, 0.6) is 0 Å². The van der Waals surface area contributed by atoms with Crippen molar-refractivity contribution in [2.75, 3.05) is 13.1 Å². The van der Waals surface area contributed by atoms with E-state index in [0.29, 0.717) is 25.9 Å². The smallest absolute Gasteiger partial charge is 0.225 e. The predicted molar refractivity (Wildman–Crippen MR) is 86.2 cm³/mol. The van der Waals surface area contributed by atoms with E-state index in [9.17, 15) is 14.0 Å². The van der Waals surface area contributed by atoms with Gasteiger partial charge in [-0.1, -0.05) is 17.7 Å². The first-order valence-electron chi connectivity index (χ1n) is 7.59. The lowest BCUT2D eigenvalue weighted by Crippen LogP contribution is -2.42. The Kier molecular flexibility index (Phi) is 5.96. The minimum absolute atomic E-state index is 0.0277. The molecule has 1 heterocycles. The van der Waals surface area contributed by atoms with E-state index in [1.165, 1.54) is 19.1 Å². The van der Waals surface area contributed by atoms with Crippen molar-refractivity contribution < 1.29 is 14.0 Å². The summed E-state index contributed by atoms with van der Waals surface area (Å²) in [5.41, 5.74) is 6.67. The zero-order chi connectivity index (χ0) is 17.0. The molecule has 1 saturated heterocycles. The number of hydrogen-bond donors (Lipinski definition) is 2. The van der Waals surface area contributed by atoms with Crippen LogP contribution in [-0.4, -0.2) is 35.8 Å². The standard InChI is InChI=1S/C16H21ClFN3O2/c1-10(22)21-8-12(3-4-13(19)9-21)16(23)20-7-11-2-5-15(18)14(17)6-11/h2,5-6,12-13H,3-4,7-9,19H2,1H3,(H,20,23)/t12-,13+/m1/s1. The summed E-state index contributed by atoms with van der Waals surface area (Å²) in [5, 5.41) is 2.85. The van der Waals surface area contributed by atoms with E-state index in [2.05, 4.69) is 5.32 Å². The first kappa shape index (κ1) is 17.7. The Bertz CT molecular complexity index is 597. The molecule has 2 rings (SSSR count). The van der Waals surface area contributed by atoms with Gasteiger partial charge in [-0.05, 0) is 30.5 Å². The van der Waals surface area contributed by atoms with Crippen LogP contribution in [0.1, 0.15) is 25.3 Å². The Morgan fingerprint density at radius 3 is 2.78 bits per heavy atom. The van der Waals surface area contributed by atoms with Crippen LogP contribution >= 0.6 is 11.6 Å². The molecule has 0 radical (unpaired) electrons. The van der Waals surface area contributed by atoms with Crippen LogP contribution in [-0.2, 0) is 16.1 Å².